The number of fused-ring (bicyclic) bond motifs is 1. The van der Waals surface area contributed by atoms with Gasteiger partial charge in [0.15, 0.2) is 6.54 Å². The number of benzene rings is 2. The number of methoxy groups -OCH3 is 1. The van der Waals surface area contributed by atoms with E-state index in [0.29, 0.717) is 12.2 Å². The number of hydrogen-bond acceptors (Lipinski definition) is 4. The van der Waals surface area contributed by atoms with E-state index < -0.39 is 5.97 Å². The number of carbonyl (C=O) groups excluding carboxylic acids is 2. The number of ether oxygens (including phenoxy) is 1. The van der Waals surface area contributed by atoms with Gasteiger partial charge in [-0.2, -0.15) is 0 Å². The second-order valence-corrected chi connectivity index (χ2v) is 8.60. The Balaban J connectivity index is 1.44. The first-order valence-corrected chi connectivity index (χ1v) is 11.0. The molecule has 0 atom stereocenters. The average molecular weight is 436 g/mol. The maximum atomic E-state index is 12.9. The van der Waals surface area contributed by atoms with Crippen molar-refractivity contribution in [2.45, 2.75) is 20.8 Å². The van der Waals surface area contributed by atoms with Crippen LogP contribution in [0.5, 0.6) is 0 Å². The first kappa shape index (κ1) is 21.9. The van der Waals surface area contributed by atoms with Gasteiger partial charge in [-0.15, -0.1) is 0 Å². The number of esters is 1. The third-order valence-electron chi connectivity index (χ3n) is 6.41. The summed E-state index contributed by atoms with van der Waals surface area (Å²) in [5.41, 5.74) is 6.51. The molecule has 1 aliphatic heterocycles. The molecule has 1 saturated heterocycles. The summed E-state index contributed by atoms with van der Waals surface area (Å²) in [6, 6.07) is 12.2. The monoisotopic (exact) mass is 435 g/mol. The van der Waals surface area contributed by atoms with Crippen LogP contribution in [0.25, 0.3) is 10.9 Å². The van der Waals surface area contributed by atoms with Crippen LogP contribution in [-0.4, -0.2) is 56.7 Å². The highest BCUT2D eigenvalue weighted by Gasteiger charge is 2.25. The van der Waals surface area contributed by atoms with Crippen LogP contribution in [0.2, 0.25) is 0 Å². The highest BCUT2D eigenvalue weighted by Crippen LogP contribution is 2.29. The lowest BCUT2D eigenvalue weighted by atomic mass is 10.1. The number of carbonyl (C=O) groups is 2. The predicted molar refractivity (Wildman–Crippen MR) is 127 cm³/mol. The van der Waals surface area contributed by atoms with Crippen molar-refractivity contribution in [3.8, 4) is 0 Å². The molecule has 7 nitrogen and oxygen atoms in total. The lowest BCUT2D eigenvalue weighted by Gasteiger charge is -2.34. The molecule has 1 aliphatic rings. The molecule has 0 unspecified atom stereocenters. The van der Waals surface area contributed by atoms with Gasteiger partial charge in [-0.25, -0.2) is 4.79 Å². The number of nitrogens with one attached hydrogen (secondary N) is 3. The average Bonchev–Trinajstić information content (AvgIpc) is 3.13. The van der Waals surface area contributed by atoms with Gasteiger partial charge in [0.25, 0.3) is 5.91 Å². The van der Waals surface area contributed by atoms with Crippen LogP contribution in [0.1, 0.15) is 27.2 Å². The maximum Gasteiger partial charge on any atom is 0.356 e. The Bertz CT molecular complexity index is 1160. The minimum atomic E-state index is -0.497. The standard InChI is InChI=1S/C25H30N4O3/c1-16-8-9-20-19(14-16)23(24(26-20)25(31)32-4)27-22(30)15-28-10-12-29(13-11-28)21-7-5-6-17(2)18(21)3/h5-9,14,26H,10-13,15H2,1-4H3,(H,27,30)/p+1. The molecule has 3 N–H and O–H groups in total. The zero-order valence-corrected chi connectivity index (χ0v) is 19.2. The number of hydrogen-bond donors (Lipinski definition) is 3. The fourth-order valence-electron chi connectivity index (χ4n) is 4.42. The van der Waals surface area contributed by atoms with E-state index in [-0.39, 0.29) is 11.6 Å². The lowest BCUT2D eigenvalue weighted by molar-refractivity contribution is -0.892. The van der Waals surface area contributed by atoms with Gasteiger partial charge in [0.05, 0.1) is 39.0 Å². The minimum absolute atomic E-state index is 0.104. The molecule has 0 radical (unpaired) electrons. The second-order valence-electron chi connectivity index (χ2n) is 8.60. The molecule has 168 valence electrons. The van der Waals surface area contributed by atoms with Crippen LogP contribution < -0.4 is 15.1 Å². The van der Waals surface area contributed by atoms with Crippen LogP contribution in [0.3, 0.4) is 0 Å². The molecule has 2 aromatic carbocycles. The van der Waals surface area contributed by atoms with E-state index in [9.17, 15) is 9.59 Å². The van der Waals surface area contributed by atoms with Crippen molar-refractivity contribution in [3.05, 3.63) is 58.8 Å². The van der Waals surface area contributed by atoms with Gasteiger partial charge >= 0.3 is 5.97 Å². The molecule has 32 heavy (non-hydrogen) atoms. The fourth-order valence-corrected chi connectivity index (χ4v) is 4.42. The largest absolute Gasteiger partial charge is 0.464 e. The van der Waals surface area contributed by atoms with E-state index in [0.717, 1.165) is 42.6 Å². The van der Waals surface area contributed by atoms with Crippen molar-refractivity contribution in [1.82, 2.24) is 4.98 Å². The SMILES string of the molecule is COC(=O)c1[nH]c2ccc(C)cc2c1NC(=O)C[NH+]1CCN(c2cccc(C)c2C)CC1. The van der Waals surface area contributed by atoms with Crippen LogP contribution in [0, 0.1) is 20.8 Å². The summed E-state index contributed by atoms with van der Waals surface area (Å²) in [6.07, 6.45) is 0. The highest BCUT2D eigenvalue weighted by atomic mass is 16.5. The fraction of sp³-hybridized carbons (Fsp3) is 0.360. The van der Waals surface area contributed by atoms with Crippen LogP contribution in [-0.2, 0) is 9.53 Å². The number of rotatable bonds is 5. The molecule has 7 heteroatoms. The molecule has 1 aromatic heterocycles. The van der Waals surface area contributed by atoms with Crippen LogP contribution >= 0.6 is 0 Å². The van der Waals surface area contributed by atoms with E-state index in [1.54, 1.807) is 0 Å². The highest BCUT2D eigenvalue weighted by molar-refractivity contribution is 6.11. The Labute approximate surface area is 188 Å². The second kappa shape index (κ2) is 9.04. The molecular formula is C25H31N4O3+. The number of anilines is 2. The third kappa shape index (κ3) is 4.34. The van der Waals surface area contributed by atoms with Gasteiger partial charge in [-0.1, -0.05) is 23.8 Å². The first-order valence-electron chi connectivity index (χ1n) is 11.0. The van der Waals surface area contributed by atoms with Gasteiger partial charge < -0.3 is 24.8 Å². The van der Waals surface area contributed by atoms with E-state index in [1.807, 2.05) is 25.1 Å². The van der Waals surface area contributed by atoms with Gasteiger partial charge in [-0.05, 0) is 50.1 Å². The summed E-state index contributed by atoms with van der Waals surface area (Å²) in [4.78, 5) is 31.9. The summed E-state index contributed by atoms with van der Waals surface area (Å²) in [7, 11) is 1.34. The quantitative estimate of drug-likeness (QED) is 0.537. The zero-order valence-electron chi connectivity index (χ0n) is 19.2. The molecule has 0 bridgehead atoms. The van der Waals surface area contributed by atoms with E-state index in [2.05, 4.69) is 47.2 Å². The van der Waals surface area contributed by atoms with Crippen molar-refractivity contribution in [2.24, 2.45) is 0 Å². The number of nitrogens with zero attached hydrogens (tertiary/aromatic N) is 1. The maximum absolute atomic E-state index is 12.9. The number of quaternary nitrogens is 1. The summed E-state index contributed by atoms with van der Waals surface area (Å²) >= 11 is 0. The van der Waals surface area contributed by atoms with Crippen LogP contribution in [0.15, 0.2) is 36.4 Å². The Hall–Kier alpha value is -3.32. The summed E-state index contributed by atoms with van der Waals surface area (Å²) in [5, 5.41) is 3.79. The lowest BCUT2D eigenvalue weighted by Crippen LogP contribution is -3.15. The van der Waals surface area contributed by atoms with Gasteiger partial charge in [0.1, 0.15) is 5.69 Å². The Morgan fingerprint density at radius 2 is 1.88 bits per heavy atom. The number of amides is 1. The molecule has 3 aromatic rings. The number of aryl methyl sites for hydroxylation is 2. The van der Waals surface area contributed by atoms with Crippen LogP contribution in [0.4, 0.5) is 11.4 Å². The molecule has 4 rings (SSSR count). The molecule has 0 aliphatic carbocycles. The van der Waals surface area contributed by atoms with Gasteiger partial charge in [0, 0.05) is 16.6 Å². The molecular weight excluding hydrogens is 404 g/mol. The zero-order chi connectivity index (χ0) is 22.8. The minimum Gasteiger partial charge on any atom is -0.464 e. The van der Waals surface area contributed by atoms with Gasteiger partial charge in [-0.3, -0.25) is 4.79 Å². The third-order valence-corrected chi connectivity index (χ3v) is 6.41. The van der Waals surface area contributed by atoms with Crippen molar-refractivity contribution in [2.75, 3.05) is 50.1 Å². The van der Waals surface area contributed by atoms with Crippen molar-refractivity contribution < 1.29 is 19.2 Å². The van der Waals surface area contributed by atoms with Crippen molar-refractivity contribution in [1.29, 1.82) is 0 Å². The summed E-state index contributed by atoms with van der Waals surface area (Å²) < 4.78 is 4.91. The smallest absolute Gasteiger partial charge is 0.356 e. The molecule has 1 amide bonds. The molecule has 0 saturated carbocycles. The number of aromatic nitrogens is 1. The van der Waals surface area contributed by atoms with E-state index in [4.69, 9.17) is 4.74 Å². The number of aromatic amines is 1. The molecule has 2 heterocycles. The summed E-state index contributed by atoms with van der Waals surface area (Å²) in [5.74, 6) is -0.601. The summed E-state index contributed by atoms with van der Waals surface area (Å²) in [6.45, 7) is 10.2. The molecule has 0 spiro atoms. The Morgan fingerprint density at radius 3 is 2.59 bits per heavy atom. The molecule has 1 fully saturated rings. The van der Waals surface area contributed by atoms with Crippen molar-refractivity contribution in [3.63, 3.8) is 0 Å². The Morgan fingerprint density at radius 1 is 1.12 bits per heavy atom. The number of H-pyrrole nitrogens is 1. The topological polar surface area (TPSA) is 78.9 Å². The van der Waals surface area contributed by atoms with Gasteiger partial charge in [0.2, 0.25) is 0 Å². The Kier molecular flexibility index (Phi) is 6.19. The number of piperazine rings is 1. The van der Waals surface area contributed by atoms with E-state index >= 15 is 0 Å². The van der Waals surface area contributed by atoms with Crippen molar-refractivity contribution >= 4 is 34.2 Å². The first-order chi connectivity index (χ1) is 15.4. The normalized spacial score (nSPS) is 14.6. The van der Waals surface area contributed by atoms with E-state index in [1.165, 1.54) is 28.8 Å². The predicted octanol–water partition coefficient (Wildman–Crippen LogP) is 2.22.